The third-order valence-corrected chi connectivity index (χ3v) is 2.96. The number of hydrogen-bond donors (Lipinski definition) is 1. The van der Waals surface area contributed by atoms with Gasteiger partial charge < -0.3 is 10.0 Å². The maximum atomic E-state index is 11.0. The van der Waals surface area contributed by atoms with Crippen LogP contribution in [-0.2, 0) is 12.0 Å². The monoisotopic (exact) mass is 233 g/mol. The van der Waals surface area contributed by atoms with E-state index in [4.69, 9.17) is 5.11 Å². The topological polar surface area (TPSA) is 40.5 Å². The highest BCUT2D eigenvalue weighted by molar-refractivity contribution is 5.66. The van der Waals surface area contributed by atoms with E-state index in [-0.39, 0.29) is 5.41 Å². The van der Waals surface area contributed by atoms with E-state index in [0.717, 1.165) is 5.56 Å². The van der Waals surface area contributed by atoms with Crippen LogP contribution >= 0.6 is 0 Å². The Kier molecular flexibility index (Phi) is 3.94. The summed E-state index contributed by atoms with van der Waals surface area (Å²) in [5, 5.41) is 9.02. The van der Waals surface area contributed by atoms with Gasteiger partial charge in [-0.1, -0.05) is 38.1 Å². The third kappa shape index (κ3) is 2.67. The van der Waals surface area contributed by atoms with Crippen LogP contribution in [0.4, 0.5) is 4.79 Å². The predicted octanol–water partition coefficient (Wildman–Crippen LogP) is 3.26. The molecule has 1 aromatic rings. The lowest BCUT2D eigenvalue weighted by molar-refractivity contribution is 0.125. The quantitative estimate of drug-likeness (QED) is 0.699. The first-order valence-corrected chi connectivity index (χ1v) is 5.57. The van der Waals surface area contributed by atoms with Crippen LogP contribution in [-0.4, -0.2) is 22.6 Å². The summed E-state index contributed by atoms with van der Waals surface area (Å²) in [6.07, 6.45) is -0.836. The maximum Gasteiger partial charge on any atom is 0.407 e. The second-order valence-electron chi connectivity index (χ2n) is 4.68. The summed E-state index contributed by atoms with van der Waals surface area (Å²) < 4.78 is 0. The van der Waals surface area contributed by atoms with Crippen molar-refractivity contribution >= 4 is 6.09 Å². The fourth-order valence-electron chi connectivity index (χ4n) is 2.28. The van der Waals surface area contributed by atoms with Crippen LogP contribution in [0.15, 0.2) is 37.4 Å². The summed E-state index contributed by atoms with van der Waals surface area (Å²) in [4.78, 5) is 12.5. The maximum absolute atomic E-state index is 11.0. The van der Waals surface area contributed by atoms with E-state index in [2.05, 4.69) is 33.1 Å². The van der Waals surface area contributed by atoms with Crippen molar-refractivity contribution in [2.24, 2.45) is 0 Å². The fourth-order valence-corrected chi connectivity index (χ4v) is 2.28. The minimum Gasteiger partial charge on any atom is -0.465 e. The average molecular weight is 233 g/mol. The number of rotatable bonds is 0. The second-order valence-corrected chi connectivity index (χ2v) is 4.68. The van der Waals surface area contributed by atoms with Gasteiger partial charge in [0, 0.05) is 18.5 Å². The minimum absolute atomic E-state index is 0.0900. The van der Waals surface area contributed by atoms with Crippen LogP contribution in [0.3, 0.4) is 0 Å². The van der Waals surface area contributed by atoms with Gasteiger partial charge in [0.1, 0.15) is 0 Å². The van der Waals surface area contributed by atoms with Crippen LogP contribution < -0.4 is 0 Å². The van der Waals surface area contributed by atoms with Gasteiger partial charge in [0.2, 0.25) is 0 Å². The van der Waals surface area contributed by atoms with Gasteiger partial charge in [0.05, 0.1) is 0 Å². The van der Waals surface area contributed by atoms with Crippen molar-refractivity contribution in [3.8, 4) is 0 Å². The predicted molar refractivity (Wildman–Crippen MR) is 69.2 cm³/mol. The number of benzene rings is 1. The summed E-state index contributed by atoms with van der Waals surface area (Å²) >= 11 is 0. The molecular formula is C14H19NO2. The van der Waals surface area contributed by atoms with Crippen molar-refractivity contribution in [1.29, 1.82) is 0 Å². The van der Waals surface area contributed by atoms with Crippen LogP contribution in [0.1, 0.15) is 25.0 Å². The highest BCUT2D eigenvalue weighted by Crippen LogP contribution is 2.32. The summed E-state index contributed by atoms with van der Waals surface area (Å²) in [6, 6.07) is 8.07. The number of carbonyl (C=O) groups is 1. The molecule has 0 unspecified atom stereocenters. The lowest BCUT2D eigenvalue weighted by Gasteiger charge is -2.38. The van der Waals surface area contributed by atoms with E-state index in [0.29, 0.717) is 13.1 Å². The van der Waals surface area contributed by atoms with Crippen molar-refractivity contribution < 1.29 is 9.90 Å². The molecule has 0 bridgehead atoms. The van der Waals surface area contributed by atoms with E-state index in [1.54, 1.807) is 0 Å². The Bertz CT molecular complexity index is 412. The van der Waals surface area contributed by atoms with Gasteiger partial charge in [-0.2, -0.15) is 0 Å². The summed E-state index contributed by atoms with van der Waals surface area (Å²) in [7, 11) is 0. The van der Waals surface area contributed by atoms with E-state index in [9.17, 15) is 4.79 Å². The molecule has 1 aliphatic heterocycles. The Hall–Kier alpha value is -1.77. The zero-order valence-electron chi connectivity index (χ0n) is 10.4. The SMILES string of the molecule is C=C.CC1(C)CN(C(=O)O)Cc2ccccc21. The molecule has 1 aromatic carbocycles. The lowest BCUT2D eigenvalue weighted by Crippen LogP contribution is -2.44. The molecular weight excluding hydrogens is 214 g/mol. The number of hydrogen-bond acceptors (Lipinski definition) is 1. The first kappa shape index (κ1) is 13.3. The molecule has 1 heterocycles. The molecule has 1 aliphatic rings. The van der Waals surface area contributed by atoms with Crippen molar-refractivity contribution in [2.75, 3.05) is 6.54 Å². The number of fused-ring (bicyclic) bond motifs is 1. The van der Waals surface area contributed by atoms with E-state index in [1.807, 2.05) is 18.2 Å². The Morgan fingerprint density at radius 3 is 2.53 bits per heavy atom. The standard InChI is InChI=1S/C12H15NO2.C2H4/c1-12(2)8-13(11(14)15)7-9-5-3-4-6-10(9)12;1-2/h3-6H,7-8H2,1-2H3,(H,14,15);1-2H2. The summed E-state index contributed by atoms with van der Waals surface area (Å²) in [5.41, 5.74) is 2.30. The van der Waals surface area contributed by atoms with Crippen molar-refractivity contribution in [2.45, 2.75) is 25.8 Å². The molecule has 0 fully saturated rings. The van der Waals surface area contributed by atoms with E-state index in [1.165, 1.54) is 10.5 Å². The molecule has 0 saturated carbocycles. The molecule has 2 rings (SSSR count). The molecule has 0 aliphatic carbocycles. The third-order valence-electron chi connectivity index (χ3n) is 2.96. The molecule has 0 saturated heterocycles. The van der Waals surface area contributed by atoms with Gasteiger partial charge in [-0.3, -0.25) is 0 Å². The van der Waals surface area contributed by atoms with Crippen LogP contribution in [0.25, 0.3) is 0 Å². The van der Waals surface area contributed by atoms with Gasteiger partial charge in [-0.05, 0) is 11.1 Å². The fraction of sp³-hybridized carbons (Fsp3) is 0.357. The Morgan fingerprint density at radius 1 is 1.35 bits per heavy atom. The van der Waals surface area contributed by atoms with Crippen molar-refractivity contribution in [1.82, 2.24) is 4.90 Å². The van der Waals surface area contributed by atoms with Gasteiger partial charge in [0.15, 0.2) is 0 Å². The molecule has 92 valence electrons. The normalized spacial score (nSPS) is 16.5. The first-order valence-electron chi connectivity index (χ1n) is 5.57. The molecule has 0 spiro atoms. The van der Waals surface area contributed by atoms with Crippen LogP contribution in [0.5, 0.6) is 0 Å². The number of amides is 1. The Labute approximate surface area is 102 Å². The molecule has 1 amide bonds. The number of carboxylic acid groups (broad SMARTS) is 1. The minimum atomic E-state index is -0.836. The average Bonchev–Trinajstić information content (AvgIpc) is 2.31. The van der Waals surface area contributed by atoms with E-state index < -0.39 is 6.09 Å². The van der Waals surface area contributed by atoms with Crippen molar-refractivity contribution in [3.63, 3.8) is 0 Å². The van der Waals surface area contributed by atoms with Crippen LogP contribution in [0, 0.1) is 0 Å². The molecule has 3 heteroatoms. The van der Waals surface area contributed by atoms with Crippen molar-refractivity contribution in [3.05, 3.63) is 48.6 Å². The highest BCUT2D eigenvalue weighted by Gasteiger charge is 2.33. The molecule has 1 N–H and O–H groups in total. The molecule has 17 heavy (non-hydrogen) atoms. The second kappa shape index (κ2) is 5.04. The smallest absolute Gasteiger partial charge is 0.407 e. The van der Waals surface area contributed by atoms with E-state index >= 15 is 0 Å². The molecule has 0 radical (unpaired) electrons. The molecule has 0 aromatic heterocycles. The Balaban J connectivity index is 0.000000686. The number of nitrogens with zero attached hydrogens (tertiary/aromatic N) is 1. The van der Waals surface area contributed by atoms with Gasteiger partial charge in [-0.15, -0.1) is 13.2 Å². The summed E-state index contributed by atoms with van der Waals surface area (Å²) in [6.45, 7) is 11.2. The first-order chi connectivity index (χ1) is 8.00. The van der Waals surface area contributed by atoms with Gasteiger partial charge in [0.25, 0.3) is 0 Å². The van der Waals surface area contributed by atoms with Gasteiger partial charge in [-0.25, -0.2) is 4.79 Å². The largest absolute Gasteiger partial charge is 0.465 e. The Morgan fingerprint density at radius 2 is 1.94 bits per heavy atom. The molecule has 0 atom stereocenters. The molecule has 3 nitrogen and oxygen atoms in total. The zero-order valence-corrected chi connectivity index (χ0v) is 10.4. The van der Waals surface area contributed by atoms with Crippen LogP contribution in [0.2, 0.25) is 0 Å². The van der Waals surface area contributed by atoms with Gasteiger partial charge >= 0.3 is 6.09 Å². The highest BCUT2D eigenvalue weighted by atomic mass is 16.4. The lowest BCUT2D eigenvalue weighted by atomic mass is 9.78. The summed E-state index contributed by atoms with van der Waals surface area (Å²) in [5.74, 6) is 0. The zero-order chi connectivity index (χ0) is 13.1.